The van der Waals surface area contributed by atoms with Gasteiger partial charge >= 0.3 is 0 Å². The molecule has 0 saturated carbocycles. The molecule has 1 heterocycles. The molecule has 1 aliphatic heterocycles. The van der Waals surface area contributed by atoms with Crippen molar-refractivity contribution in [2.45, 2.75) is 31.9 Å². The van der Waals surface area contributed by atoms with Gasteiger partial charge in [-0.15, -0.1) is 0 Å². The molecule has 0 spiro atoms. The second kappa shape index (κ2) is 7.62. The molecule has 1 aliphatic rings. The van der Waals surface area contributed by atoms with Gasteiger partial charge in [0.1, 0.15) is 5.75 Å². The second-order valence-electron chi connectivity index (χ2n) is 5.45. The van der Waals surface area contributed by atoms with E-state index in [0.29, 0.717) is 12.6 Å². The molecule has 20 heavy (non-hydrogen) atoms. The number of piperidine rings is 1. The standard InChI is InChI=1S/C16H26N2O2/c1-3-17-14-7-5-9-18(11-14)12-16(19)13-6-4-8-15(10-13)20-2/h4,6,8,10,14,16-17,19H,3,5,7,9,11-12H2,1-2H3. The Labute approximate surface area is 121 Å². The highest BCUT2D eigenvalue weighted by Gasteiger charge is 2.21. The smallest absolute Gasteiger partial charge is 0.119 e. The molecule has 2 N–H and O–H groups in total. The number of β-amino-alcohol motifs (C(OH)–C–C–N with tert-alkyl or cyclic N) is 1. The molecule has 0 bridgehead atoms. The van der Waals surface area contributed by atoms with Gasteiger partial charge in [0.2, 0.25) is 0 Å². The number of likely N-dealkylation sites (N-methyl/N-ethyl adjacent to an activating group) is 1. The molecule has 0 amide bonds. The topological polar surface area (TPSA) is 44.7 Å². The summed E-state index contributed by atoms with van der Waals surface area (Å²) in [4.78, 5) is 2.35. The molecular formula is C16H26N2O2. The largest absolute Gasteiger partial charge is 0.497 e. The zero-order valence-corrected chi connectivity index (χ0v) is 12.5. The van der Waals surface area contributed by atoms with Crippen LogP contribution in [0, 0.1) is 0 Å². The average molecular weight is 278 g/mol. The molecule has 1 fully saturated rings. The van der Waals surface area contributed by atoms with Gasteiger partial charge in [-0.2, -0.15) is 0 Å². The minimum Gasteiger partial charge on any atom is -0.497 e. The molecule has 2 atom stereocenters. The average Bonchev–Trinajstić information content (AvgIpc) is 2.48. The molecule has 0 aliphatic carbocycles. The zero-order chi connectivity index (χ0) is 14.4. The highest BCUT2D eigenvalue weighted by molar-refractivity contribution is 5.29. The summed E-state index contributed by atoms with van der Waals surface area (Å²) in [7, 11) is 1.65. The van der Waals surface area contributed by atoms with Crippen LogP contribution >= 0.6 is 0 Å². The van der Waals surface area contributed by atoms with Crippen molar-refractivity contribution in [3.8, 4) is 5.75 Å². The number of ether oxygens (including phenoxy) is 1. The molecular weight excluding hydrogens is 252 g/mol. The van der Waals surface area contributed by atoms with Crippen molar-refractivity contribution in [3.63, 3.8) is 0 Å². The van der Waals surface area contributed by atoms with Crippen LogP contribution in [0.15, 0.2) is 24.3 Å². The SMILES string of the molecule is CCNC1CCCN(CC(O)c2cccc(OC)c2)C1. The summed E-state index contributed by atoms with van der Waals surface area (Å²) in [5.41, 5.74) is 0.926. The predicted octanol–water partition coefficient (Wildman–Crippen LogP) is 1.80. The lowest BCUT2D eigenvalue weighted by Crippen LogP contribution is -2.46. The number of methoxy groups -OCH3 is 1. The quantitative estimate of drug-likeness (QED) is 0.833. The van der Waals surface area contributed by atoms with E-state index in [1.807, 2.05) is 24.3 Å². The van der Waals surface area contributed by atoms with Gasteiger partial charge in [0.25, 0.3) is 0 Å². The van der Waals surface area contributed by atoms with Crippen LogP contribution < -0.4 is 10.1 Å². The first-order chi connectivity index (χ1) is 9.72. The summed E-state index contributed by atoms with van der Waals surface area (Å²) in [5, 5.41) is 13.9. The van der Waals surface area contributed by atoms with Gasteiger partial charge in [0.05, 0.1) is 13.2 Å². The highest BCUT2D eigenvalue weighted by atomic mass is 16.5. The zero-order valence-electron chi connectivity index (χ0n) is 12.5. The van der Waals surface area contributed by atoms with Crippen molar-refractivity contribution in [2.75, 3.05) is 33.3 Å². The number of hydrogen-bond acceptors (Lipinski definition) is 4. The molecule has 1 saturated heterocycles. The van der Waals surface area contributed by atoms with Crippen molar-refractivity contribution in [3.05, 3.63) is 29.8 Å². The Hall–Kier alpha value is -1.10. The number of nitrogens with one attached hydrogen (secondary N) is 1. The molecule has 2 rings (SSSR count). The van der Waals surface area contributed by atoms with E-state index in [0.717, 1.165) is 30.9 Å². The lowest BCUT2D eigenvalue weighted by atomic mass is 10.0. The van der Waals surface area contributed by atoms with Gasteiger partial charge in [-0.05, 0) is 43.6 Å². The Balaban J connectivity index is 1.91. The molecule has 2 unspecified atom stereocenters. The molecule has 4 nitrogen and oxygen atoms in total. The van der Waals surface area contributed by atoms with Crippen LogP contribution in [0.5, 0.6) is 5.75 Å². The maximum Gasteiger partial charge on any atom is 0.119 e. The van der Waals surface area contributed by atoms with Gasteiger partial charge in [-0.1, -0.05) is 19.1 Å². The fourth-order valence-electron chi connectivity index (χ4n) is 2.88. The van der Waals surface area contributed by atoms with E-state index in [4.69, 9.17) is 4.74 Å². The van der Waals surface area contributed by atoms with Gasteiger partial charge in [-0.3, -0.25) is 4.90 Å². The van der Waals surface area contributed by atoms with E-state index in [9.17, 15) is 5.11 Å². The van der Waals surface area contributed by atoms with Gasteiger partial charge in [-0.25, -0.2) is 0 Å². The number of hydrogen-bond donors (Lipinski definition) is 2. The van der Waals surface area contributed by atoms with E-state index < -0.39 is 6.10 Å². The third-order valence-electron chi connectivity index (χ3n) is 3.91. The monoisotopic (exact) mass is 278 g/mol. The Kier molecular flexibility index (Phi) is 5.83. The minimum atomic E-state index is -0.453. The number of rotatable bonds is 6. The van der Waals surface area contributed by atoms with E-state index in [1.54, 1.807) is 7.11 Å². The fraction of sp³-hybridized carbons (Fsp3) is 0.625. The number of aliphatic hydroxyl groups is 1. The van der Waals surface area contributed by atoms with Crippen LogP contribution in [0.2, 0.25) is 0 Å². The van der Waals surface area contributed by atoms with Crippen LogP contribution in [0.1, 0.15) is 31.4 Å². The molecule has 1 aromatic rings. The van der Waals surface area contributed by atoms with Crippen LogP contribution in [-0.2, 0) is 0 Å². The van der Waals surface area contributed by atoms with E-state index in [-0.39, 0.29) is 0 Å². The lowest BCUT2D eigenvalue weighted by Gasteiger charge is -2.34. The molecule has 112 valence electrons. The summed E-state index contributed by atoms with van der Waals surface area (Å²) in [5.74, 6) is 0.797. The second-order valence-corrected chi connectivity index (χ2v) is 5.45. The van der Waals surface area contributed by atoms with Crippen molar-refractivity contribution >= 4 is 0 Å². The number of benzene rings is 1. The van der Waals surface area contributed by atoms with Crippen LogP contribution in [0.3, 0.4) is 0 Å². The molecule has 4 heteroatoms. The van der Waals surface area contributed by atoms with E-state index in [2.05, 4.69) is 17.1 Å². The third kappa shape index (κ3) is 4.20. The number of nitrogens with zero attached hydrogens (tertiary/aromatic N) is 1. The van der Waals surface area contributed by atoms with E-state index >= 15 is 0 Å². The van der Waals surface area contributed by atoms with Crippen LogP contribution in [0.4, 0.5) is 0 Å². The Morgan fingerprint density at radius 3 is 3.10 bits per heavy atom. The molecule has 0 aromatic heterocycles. The Morgan fingerprint density at radius 1 is 1.50 bits per heavy atom. The number of likely N-dealkylation sites (tertiary alicyclic amines) is 1. The van der Waals surface area contributed by atoms with E-state index in [1.165, 1.54) is 12.8 Å². The first kappa shape index (κ1) is 15.3. The summed E-state index contributed by atoms with van der Waals surface area (Å²) in [6.07, 6.45) is 1.98. The first-order valence-electron chi connectivity index (χ1n) is 7.50. The Morgan fingerprint density at radius 2 is 2.35 bits per heavy atom. The van der Waals surface area contributed by atoms with Crippen molar-refractivity contribution in [1.82, 2.24) is 10.2 Å². The lowest BCUT2D eigenvalue weighted by molar-refractivity contribution is 0.0914. The summed E-state index contributed by atoms with van der Waals surface area (Å²) in [6.45, 7) is 5.94. The maximum absolute atomic E-state index is 10.4. The van der Waals surface area contributed by atoms with Crippen LogP contribution in [0.25, 0.3) is 0 Å². The summed E-state index contributed by atoms with van der Waals surface area (Å²) < 4.78 is 5.21. The molecule has 1 aromatic carbocycles. The summed E-state index contributed by atoms with van der Waals surface area (Å²) >= 11 is 0. The van der Waals surface area contributed by atoms with Crippen molar-refractivity contribution < 1.29 is 9.84 Å². The maximum atomic E-state index is 10.4. The first-order valence-corrected chi connectivity index (χ1v) is 7.50. The van der Waals surface area contributed by atoms with Crippen molar-refractivity contribution in [2.24, 2.45) is 0 Å². The van der Waals surface area contributed by atoms with Gasteiger partial charge < -0.3 is 15.2 Å². The fourth-order valence-corrected chi connectivity index (χ4v) is 2.88. The minimum absolute atomic E-state index is 0.453. The highest BCUT2D eigenvalue weighted by Crippen LogP contribution is 2.21. The van der Waals surface area contributed by atoms with Crippen molar-refractivity contribution in [1.29, 1.82) is 0 Å². The predicted molar refractivity (Wildman–Crippen MR) is 81.1 cm³/mol. The third-order valence-corrected chi connectivity index (χ3v) is 3.91. The van der Waals surface area contributed by atoms with Gasteiger partial charge in [0.15, 0.2) is 0 Å². The normalized spacial score (nSPS) is 21.6. The summed E-state index contributed by atoms with van der Waals surface area (Å²) in [6, 6.07) is 8.26. The molecule has 0 radical (unpaired) electrons. The Bertz CT molecular complexity index is 409. The van der Waals surface area contributed by atoms with Gasteiger partial charge in [0, 0.05) is 19.1 Å². The number of aliphatic hydroxyl groups excluding tert-OH is 1. The van der Waals surface area contributed by atoms with Crippen LogP contribution in [-0.4, -0.2) is 49.3 Å².